The third-order valence-corrected chi connectivity index (χ3v) is 3.81. The van der Waals surface area contributed by atoms with Gasteiger partial charge in [-0.15, -0.1) is 0 Å². The Morgan fingerprint density at radius 3 is 2.32 bits per heavy atom. The number of amides is 2. The van der Waals surface area contributed by atoms with Gasteiger partial charge in [-0.2, -0.15) is 0 Å². The summed E-state index contributed by atoms with van der Waals surface area (Å²) < 4.78 is 0. The number of rotatable bonds is 1. The van der Waals surface area contributed by atoms with Crippen LogP contribution in [0.4, 0.5) is 0 Å². The molecule has 2 fully saturated rings. The van der Waals surface area contributed by atoms with Gasteiger partial charge in [0.05, 0.1) is 18.7 Å². The summed E-state index contributed by atoms with van der Waals surface area (Å²) in [5.74, 6) is 0.0252. The van der Waals surface area contributed by atoms with Crippen LogP contribution in [0.3, 0.4) is 0 Å². The third-order valence-electron chi connectivity index (χ3n) is 3.81. The minimum atomic E-state index is -0.757. The summed E-state index contributed by atoms with van der Waals surface area (Å²) >= 11 is 0. The summed E-state index contributed by atoms with van der Waals surface area (Å²) in [6, 6.07) is -0.331. The number of nitrogens with zero attached hydrogens (tertiary/aromatic N) is 2. The third kappa shape index (κ3) is 2.76. The van der Waals surface area contributed by atoms with Gasteiger partial charge in [-0.05, 0) is 19.8 Å². The molecule has 2 amide bonds. The number of aliphatic hydroxyl groups is 1. The predicted octanol–water partition coefficient (Wildman–Crippen LogP) is 0.617. The first-order valence-corrected chi connectivity index (χ1v) is 6.94. The Bertz CT molecular complexity index is 390. The van der Waals surface area contributed by atoms with Crippen LogP contribution in [0.15, 0.2) is 0 Å². The van der Waals surface area contributed by atoms with E-state index >= 15 is 0 Å². The molecule has 0 bridgehead atoms. The van der Waals surface area contributed by atoms with E-state index in [-0.39, 0.29) is 17.9 Å². The standard InChI is InChI=1S/C14H24N2O3/c1-13(2,3)12(18)16-7-5-6-10(16)11(17)15-8-14(4,19)9-15/h10,19H,5-9H2,1-4H3. The lowest BCUT2D eigenvalue weighted by atomic mass is 9.93. The molecule has 108 valence electrons. The van der Waals surface area contributed by atoms with Crippen molar-refractivity contribution in [2.75, 3.05) is 19.6 Å². The number of hydrogen-bond donors (Lipinski definition) is 1. The Labute approximate surface area is 114 Å². The van der Waals surface area contributed by atoms with Crippen molar-refractivity contribution >= 4 is 11.8 Å². The van der Waals surface area contributed by atoms with Crippen LogP contribution in [0.5, 0.6) is 0 Å². The maximum Gasteiger partial charge on any atom is 0.245 e. The second-order valence-electron chi connectivity index (χ2n) is 7.10. The zero-order chi connectivity index (χ0) is 14.4. The summed E-state index contributed by atoms with van der Waals surface area (Å²) in [6.07, 6.45) is 1.61. The maximum absolute atomic E-state index is 12.4. The van der Waals surface area contributed by atoms with Crippen LogP contribution in [-0.4, -0.2) is 58.0 Å². The Kier molecular flexibility index (Phi) is 3.37. The van der Waals surface area contributed by atoms with E-state index in [1.807, 2.05) is 20.8 Å². The van der Waals surface area contributed by atoms with Gasteiger partial charge in [0.15, 0.2) is 0 Å². The summed E-state index contributed by atoms with van der Waals surface area (Å²) in [7, 11) is 0. The zero-order valence-corrected chi connectivity index (χ0v) is 12.3. The normalized spacial score (nSPS) is 26.3. The molecule has 0 aromatic heterocycles. The average molecular weight is 268 g/mol. The molecule has 1 unspecified atom stereocenters. The van der Waals surface area contributed by atoms with E-state index in [1.54, 1.807) is 16.7 Å². The zero-order valence-electron chi connectivity index (χ0n) is 12.3. The van der Waals surface area contributed by atoms with Crippen molar-refractivity contribution in [3.63, 3.8) is 0 Å². The molecule has 5 heteroatoms. The number of carbonyl (C=O) groups is 2. The molecule has 5 nitrogen and oxygen atoms in total. The van der Waals surface area contributed by atoms with Crippen LogP contribution in [0.25, 0.3) is 0 Å². The predicted molar refractivity (Wildman–Crippen MR) is 71.4 cm³/mol. The quantitative estimate of drug-likeness (QED) is 0.758. The molecular weight excluding hydrogens is 244 g/mol. The van der Waals surface area contributed by atoms with Gasteiger partial charge in [0.1, 0.15) is 6.04 Å². The maximum atomic E-state index is 12.4. The van der Waals surface area contributed by atoms with Gasteiger partial charge in [-0.25, -0.2) is 0 Å². The molecule has 2 saturated heterocycles. The Morgan fingerprint density at radius 2 is 1.84 bits per heavy atom. The van der Waals surface area contributed by atoms with Crippen molar-refractivity contribution in [1.82, 2.24) is 9.80 Å². The lowest BCUT2D eigenvalue weighted by molar-refractivity contribution is -0.161. The number of hydrogen-bond acceptors (Lipinski definition) is 3. The van der Waals surface area contributed by atoms with Gasteiger partial charge in [0, 0.05) is 12.0 Å². The van der Waals surface area contributed by atoms with Crippen molar-refractivity contribution < 1.29 is 14.7 Å². The fraction of sp³-hybridized carbons (Fsp3) is 0.857. The first kappa shape index (κ1) is 14.3. The smallest absolute Gasteiger partial charge is 0.245 e. The second kappa shape index (κ2) is 4.47. The molecule has 2 aliphatic rings. The topological polar surface area (TPSA) is 60.9 Å². The molecular formula is C14H24N2O3. The van der Waals surface area contributed by atoms with Gasteiger partial charge in [-0.3, -0.25) is 9.59 Å². The molecule has 0 saturated carbocycles. The molecule has 0 aliphatic carbocycles. The molecule has 1 N–H and O–H groups in total. The molecule has 2 rings (SSSR count). The summed E-state index contributed by atoms with van der Waals surface area (Å²) in [5.41, 5.74) is -1.21. The summed E-state index contributed by atoms with van der Waals surface area (Å²) in [5, 5.41) is 9.71. The van der Waals surface area contributed by atoms with Crippen LogP contribution in [0, 0.1) is 5.41 Å². The molecule has 2 heterocycles. The van der Waals surface area contributed by atoms with E-state index in [1.165, 1.54) is 0 Å². The average Bonchev–Trinajstić information content (AvgIpc) is 2.70. The van der Waals surface area contributed by atoms with Crippen molar-refractivity contribution in [2.24, 2.45) is 5.41 Å². The van der Waals surface area contributed by atoms with Gasteiger partial charge in [0.25, 0.3) is 0 Å². The monoisotopic (exact) mass is 268 g/mol. The fourth-order valence-electron chi connectivity index (χ4n) is 2.84. The SMILES string of the molecule is CC1(O)CN(C(=O)C2CCCN2C(=O)C(C)(C)C)C1. The minimum absolute atomic E-state index is 0.0124. The van der Waals surface area contributed by atoms with Crippen LogP contribution < -0.4 is 0 Å². The first-order valence-electron chi connectivity index (χ1n) is 6.94. The van der Waals surface area contributed by atoms with E-state index in [9.17, 15) is 14.7 Å². The molecule has 19 heavy (non-hydrogen) atoms. The Hall–Kier alpha value is -1.10. The lowest BCUT2D eigenvalue weighted by Crippen LogP contribution is -2.65. The molecule has 2 aliphatic heterocycles. The lowest BCUT2D eigenvalue weighted by Gasteiger charge is -2.46. The molecule has 0 aromatic carbocycles. The minimum Gasteiger partial charge on any atom is -0.386 e. The largest absolute Gasteiger partial charge is 0.386 e. The molecule has 1 atom stereocenters. The van der Waals surface area contributed by atoms with Gasteiger partial charge in [-0.1, -0.05) is 20.8 Å². The van der Waals surface area contributed by atoms with Crippen LogP contribution in [-0.2, 0) is 9.59 Å². The van der Waals surface area contributed by atoms with Crippen LogP contribution >= 0.6 is 0 Å². The van der Waals surface area contributed by atoms with E-state index in [0.29, 0.717) is 19.6 Å². The van der Waals surface area contributed by atoms with Gasteiger partial charge >= 0.3 is 0 Å². The fourth-order valence-corrected chi connectivity index (χ4v) is 2.84. The van der Waals surface area contributed by atoms with Crippen LogP contribution in [0.2, 0.25) is 0 Å². The van der Waals surface area contributed by atoms with Crippen molar-refractivity contribution in [3.8, 4) is 0 Å². The summed E-state index contributed by atoms with van der Waals surface area (Å²) in [4.78, 5) is 28.1. The highest BCUT2D eigenvalue weighted by molar-refractivity contribution is 5.90. The summed E-state index contributed by atoms with van der Waals surface area (Å²) in [6.45, 7) is 8.77. The van der Waals surface area contributed by atoms with E-state index in [2.05, 4.69) is 0 Å². The van der Waals surface area contributed by atoms with Crippen molar-refractivity contribution in [1.29, 1.82) is 0 Å². The molecule has 0 aromatic rings. The second-order valence-corrected chi connectivity index (χ2v) is 7.10. The molecule has 0 spiro atoms. The highest BCUT2D eigenvalue weighted by atomic mass is 16.3. The first-order chi connectivity index (χ1) is 8.62. The van der Waals surface area contributed by atoms with E-state index in [4.69, 9.17) is 0 Å². The Morgan fingerprint density at radius 1 is 1.26 bits per heavy atom. The van der Waals surface area contributed by atoms with Crippen LogP contribution in [0.1, 0.15) is 40.5 Å². The Balaban J connectivity index is 2.03. The highest BCUT2D eigenvalue weighted by Crippen LogP contribution is 2.29. The number of carbonyl (C=O) groups excluding carboxylic acids is 2. The van der Waals surface area contributed by atoms with Gasteiger partial charge < -0.3 is 14.9 Å². The number of β-amino-alcohol motifs (C(OH)–C–C–N with tert-alkyl or cyclic N) is 1. The van der Waals surface area contributed by atoms with Crippen molar-refractivity contribution in [3.05, 3.63) is 0 Å². The van der Waals surface area contributed by atoms with E-state index in [0.717, 1.165) is 12.8 Å². The number of likely N-dealkylation sites (tertiary alicyclic amines) is 2. The van der Waals surface area contributed by atoms with E-state index < -0.39 is 11.0 Å². The van der Waals surface area contributed by atoms with Gasteiger partial charge in [0.2, 0.25) is 11.8 Å². The molecule has 0 radical (unpaired) electrons. The highest BCUT2D eigenvalue weighted by Gasteiger charge is 2.45. The van der Waals surface area contributed by atoms with Crippen molar-refractivity contribution in [2.45, 2.75) is 52.2 Å².